The third-order valence-electron chi connectivity index (χ3n) is 5.72. The van der Waals surface area contributed by atoms with Crippen LogP contribution in [0.25, 0.3) is 32.6 Å². The van der Waals surface area contributed by atoms with Gasteiger partial charge < -0.3 is 10.7 Å². The van der Waals surface area contributed by atoms with Gasteiger partial charge in [0.05, 0.1) is 17.0 Å². The number of carbonyl (C=O) groups is 2. The first kappa shape index (κ1) is 22.5. The highest BCUT2D eigenvalue weighted by Gasteiger charge is 2.21. The average Bonchev–Trinajstić information content (AvgIpc) is 3.45. The average molecular weight is 486 g/mol. The van der Waals surface area contributed by atoms with Gasteiger partial charge in [0.25, 0.3) is 0 Å². The van der Waals surface area contributed by atoms with Crippen LogP contribution in [0.5, 0.6) is 0 Å². The van der Waals surface area contributed by atoms with Crippen LogP contribution in [-0.4, -0.2) is 21.9 Å². The predicted octanol–water partition coefficient (Wildman–Crippen LogP) is 5.56. The van der Waals surface area contributed by atoms with E-state index in [0.29, 0.717) is 48.7 Å². The molecule has 0 radical (unpaired) electrons. The van der Waals surface area contributed by atoms with E-state index in [9.17, 15) is 9.59 Å². The standard InChI is InChI=1S/C27H20FN3O3S/c28-24-20-10-9-16(12-21(20)30-25(24)15-5-2-1-3-6-15)26(33)22-13-18(14-23(32)31-34)27(35-22)17-7-4-8-19(29)11-17/h1-13,30,34H,14,29H2,(H,31,32). The van der Waals surface area contributed by atoms with E-state index in [0.717, 1.165) is 5.56 Å². The molecule has 0 spiro atoms. The third-order valence-corrected chi connectivity index (χ3v) is 6.94. The fourth-order valence-corrected chi connectivity index (χ4v) is 5.20. The van der Waals surface area contributed by atoms with E-state index in [1.165, 1.54) is 11.3 Å². The number of nitrogen functional groups attached to an aromatic ring is 1. The van der Waals surface area contributed by atoms with Crippen molar-refractivity contribution in [3.05, 3.63) is 101 Å². The van der Waals surface area contributed by atoms with Crippen LogP contribution in [0.3, 0.4) is 0 Å². The van der Waals surface area contributed by atoms with Gasteiger partial charge in [-0.05, 0) is 41.5 Å². The molecule has 6 nitrogen and oxygen atoms in total. The van der Waals surface area contributed by atoms with Gasteiger partial charge in [-0.1, -0.05) is 48.5 Å². The molecule has 1 amide bonds. The SMILES string of the molecule is Nc1cccc(-c2sc(C(=O)c3ccc4c(F)c(-c5ccccc5)[nH]c4c3)cc2CC(=O)NO)c1. The first-order valence-corrected chi connectivity index (χ1v) is 11.6. The minimum atomic E-state index is -0.594. The lowest BCUT2D eigenvalue weighted by atomic mass is 10.0. The normalized spacial score (nSPS) is 11.0. The van der Waals surface area contributed by atoms with Crippen LogP contribution >= 0.6 is 11.3 Å². The summed E-state index contributed by atoms with van der Waals surface area (Å²) in [6, 6.07) is 22.8. The quantitative estimate of drug-likeness (QED) is 0.109. The number of hydroxylamine groups is 1. The number of hydrogen-bond donors (Lipinski definition) is 4. The molecule has 5 N–H and O–H groups in total. The lowest BCUT2D eigenvalue weighted by Crippen LogP contribution is -2.20. The Morgan fingerprint density at radius 1 is 0.971 bits per heavy atom. The van der Waals surface area contributed by atoms with Gasteiger partial charge in [-0.25, -0.2) is 9.87 Å². The van der Waals surface area contributed by atoms with Gasteiger partial charge in [-0.3, -0.25) is 14.8 Å². The van der Waals surface area contributed by atoms with Crippen molar-refractivity contribution in [2.75, 3.05) is 5.73 Å². The highest BCUT2D eigenvalue weighted by Crippen LogP contribution is 2.36. The van der Waals surface area contributed by atoms with Crippen molar-refractivity contribution in [2.45, 2.75) is 6.42 Å². The number of H-pyrrole nitrogens is 1. The first-order chi connectivity index (χ1) is 16.9. The lowest BCUT2D eigenvalue weighted by molar-refractivity contribution is -0.128. The molecule has 0 aliphatic carbocycles. The van der Waals surface area contributed by atoms with E-state index in [1.54, 1.807) is 47.9 Å². The van der Waals surface area contributed by atoms with Crippen LogP contribution in [0.1, 0.15) is 20.8 Å². The van der Waals surface area contributed by atoms with Crippen molar-refractivity contribution in [3.63, 3.8) is 0 Å². The molecule has 0 aliphatic rings. The number of amides is 1. The molecule has 5 rings (SSSR count). The van der Waals surface area contributed by atoms with Crippen molar-refractivity contribution in [1.29, 1.82) is 0 Å². The topological polar surface area (TPSA) is 108 Å². The summed E-state index contributed by atoms with van der Waals surface area (Å²) >= 11 is 1.24. The van der Waals surface area contributed by atoms with Crippen LogP contribution in [0, 0.1) is 5.82 Å². The number of aromatic amines is 1. The molecule has 0 unspecified atom stereocenters. The summed E-state index contributed by atoms with van der Waals surface area (Å²) in [7, 11) is 0. The number of aromatic nitrogens is 1. The Bertz CT molecular complexity index is 1570. The molecular formula is C27H20FN3O3S. The maximum atomic E-state index is 15.0. The molecule has 8 heteroatoms. The summed E-state index contributed by atoms with van der Waals surface area (Å²) in [6.07, 6.45) is -0.105. The second kappa shape index (κ2) is 9.17. The van der Waals surface area contributed by atoms with E-state index in [1.807, 2.05) is 36.4 Å². The Labute approximate surface area is 203 Å². The summed E-state index contributed by atoms with van der Waals surface area (Å²) in [4.78, 5) is 29.5. The van der Waals surface area contributed by atoms with Crippen molar-refractivity contribution in [1.82, 2.24) is 10.5 Å². The minimum absolute atomic E-state index is 0.105. The summed E-state index contributed by atoms with van der Waals surface area (Å²) in [6.45, 7) is 0. The monoisotopic (exact) mass is 485 g/mol. The van der Waals surface area contributed by atoms with Gasteiger partial charge in [0, 0.05) is 32.6 Å². The fourth-order valence-electron chi connectivity index (χ4n) is 4.06. The number of nitrogens with one attached hydrogen (secondary N) is 2. The Hall–Kier alpha value is -4.27. The number of ketones is 1. The van der Waals surface area contributed by atoms with E-state index in [4.69, 9.17) is 10.9 Å². The Kier molecular flexibility index (Phi) is 5.90. The van der Waals surface area contributed by atoms with Crippen LogP contribution in [-0.2, 0) is 11.2 Å². The molecule has 0 aliphatic heterocycles. The van der Waals surface area contributed by atoms with Crippen molar-refractivity contribution >= 4 is 39.6 Å². The number of carbonyl (C=O) groups excluding carboxylic acids is 2. The Balaban J connectivity index is 1.55. The van der Waals surface area contributed by atoms with Crippen molar-refractivity contribution in [3.8, 4) is 21.7 Å². The smallest absolute Gasteiger partial charge is 0.247 e. The molecular weight excluding hydrogens is 465 g/mol. The van der Waals surface area contributed by atoms with Gasteiger partial charge in [-0.15, -0.1) is 11.3 Å². The number of hydrogen-bond acceptors (Lipinski definition) is 5. The van der Waals surface area contributed by atoms with Crippen LogP contribution in [0.15, 0.2) is 78.9 Å². The molecule has 174 valence electrons. The zero-order valence-electron chi connectivity index (χ0n) is 18.3. The third kappa shape index (κ3) is 4.32. The van der Waals surface area contributed by atoms with Crippen LogP contribution < -0.4 is 11.2 Å². The van der Waals surface area contributed by atoms with E-state index < -0.39 is 5.91 Å². The second-order valence-electron chi connectivity index (χ2n) is 8.07. The molecule has 2 aromatic heterocycles. The lowest BCUT2D eigenvalue weighted by Gasteiger charge is -2.04. The maximum absolute atomic E-state index is 15.0. The molecule has 5 aromatic rings. The molecule has 0 saturated carbocycles. The van der Waals surface area contributed by atoms with Crippen LogP contribution in [0.2, 0.25) is 0 Å². The number of halogens is 1. The van der Waals surface area contributed by atoms with Gasteiger partial charge >= 0.3 is 0 Å². The van der Waals surface area contributed by atoms with Gasteiger partial charge in [0.1, 0.15) is 0 Å². The number of rotatable bonds is 6. The first-order valence-electron chi connectivity index (χ1n) is 10.8. The molecule has 35 heavy (non-hydrogen) atoms. The molecule has 0 saturated heterocycles. The molecule has 3 aromatic carbocycles. The van der Waals surface area contributed by atoms with Crippen molar-refractivity contribution in [2.24, 2.45) is 0 Å². The van der Waals surface area contributed by atoms with E-state index >= 15 is 4.39 Å². The van der Waals surface area contributed by atoms with Crippen LogP contribution in [0.4, 0.5) is 10.1 Å². The zero-order valence-corrected chi connectivity index (χ0v) is 19.2. The number of anilines is 1. The largest absolute Gasteiger partial charge is 0.399 e. The minimum Gasteiger partial charge on any atom is -0.399 e. The summed E-state index contributed by atoms with van der Waals surface area (Å²) in [5.41, 5.74) is 11.4. The predicted molar refractivity (Wildman–Crippen MR) is 135 cm³/mol. The van der Waals surface area contributed by atoms with Gasteiger partial charge in [0.2, 0.25) is 11.7 Å². The number of fused-ring (bicyclic) bond motifs is 1. The Morgan fingerprint density at radius 3 is 2.49 bits per heavy atom. The summed E-state index contributed by atoms with van der Waals surface area (Å²) < 4.78 is 15.0. The Morgan fingerprint density at radius 2 is 1.74 bits per heavy atom. The number of nitrogens with two attached hydrogens (primary N) is 1. The van der Waals surface area contributed by atoms with Gasteiger partial charge in [-0.2, -0.15) is 0 Å². The highest BCUT2D eigenvalue weighted by atomic mass is 32.1. The summed E-state index contributed by atoms with van der Waals surface area (Å²) in [5.74, 6) is -1.22. The molecule has 0 bridgehead atoms. The van der Waals surface area contributed by atoms with E-state index in [-0.39, 0.29) is 18.0 Å². The second-order valence-corrected chi connectivity index (χ2v) is 9.12. The van der Waals surface area contributed by atoms with Gasteiger partial charge in [0.15, 0.2) is 5.82 Å². The molecule has 0 atom stereocenters. The van der Waals surface area contributed by atoms with Crippen molar-refractivity contribution < 1.29 is 19.2 Å². The zero-order chi connectivity index (χ0) is 24.5. The van der Waals surface area contributed by atoms with E-state index in [2.05, 4.69) is 4.98 Å². The fraction of sp³-hybridized carbons (Fsp3) is 0.0370. The number of thiophene rings is 1. The molecule has 0 fully saturated rings. The maximum Gasteiger partial charge on any atom is 0.247 e. The summed E-state index contributed by atoms with van der Waals surface area (Å²) in [5, 5.41) is 9.38. The highest BCUT2D eigenvalue weighted by molar-refractivity contribution is 7.17. The number of benzene rings is 3. The molecule has 2 heterocycles.